The van der Waals surface area contributed by atoms with Gasteiger partial charge in [0.25, 0.3) is 0 Å². The van der Waals surface area contributed by atoms with Crippen molar-refractivity contribution >= 4 is 10.9 Å². The standard InChI is InChI=1S/C24H28N2O3/c1-17-7-8-23(24(13-17)28-2)29-12-11-26-15-19(22(27)16-26)14-18-9-10-25-21-6-4-3-5-20(18)21/h3-10,13,19,22,27H,11-12,14-16H2,1-2H3/t19-,22-/m1/s1. The number of aryl methyl sites for hydroxylation is 1. The van der Waals surface area contributed by atoms with Crippen LogP contribution in [0.2, 0.25) is 0 Å². The topological polar surface area (TPSA) is 54.8 Å². The van der Waals surface area contributed by atoms with E-state index in [9.17, 15) is 5.11 Å². The van der Waals surface area contributed by atoms with E-state index >= 15 is 0 Å². The van der Waals surface area contributed by atoms with Crippen molar-refractivity contribution in [3.05, 3.63) is 65.9 Å². The smallest absolute Gasteiger partial charge is 0.161 e. The molecular formula is C24H28N2O3. The first-order valence-corrected chi connectivity index (χ1v) is 10.1. The Labute approximate surface area is 171 Å². The monoisotopic (exact) mass is 392 g/mol. The largest absolute Gasteiger partial charge is 0.493 e. The molecular weight excluding hydrogens is 364 g/mol. The molecule has 5 heteroatoms. The second-order valence-electron chi connectivity index (χ2n) is 7.78. The van der Waals surface area contributed by atoms with E-state index < -0.39 is 0 Å². The van der Waals surface area contributed by atoms with Crippen molar-refractivity contribution in [1.82, 2.24) is 9.88 Å². The van der Waals surface area contributed by atoms with Gasteiger partial charge in [-0.05, 0) is 48.7 Å². The number of likely N-dealkylation sites (tertiary alicyclic amines) is 1. The van der Waals surface area contributed by atoms with E-state index in [1.165, 1.54) is 10.9 Å². The summed E-state index contributed by atoms with van der Waals surface area (Å²) in [5, 5.41) is 11.8. The van der Waals surface area contributed by atoms with Gasteiger partial charge in [0.15, 0.2) is 11.5 Å². The van der Waals surface area contributed by atoms with Gasteiger partial charge in [-0.1, -0.05) is 24.3 Å². The molecule has 3 aromatic rings. The molecule has 1 aliphatic rings. The Morgan fingerprint density at radius 2 is 1.97 bits per heavy atom. The van der Waals surface area contributed by atoms with E-state index in [4.69, 9.17) is 9.47 Å². The van der Waals surface area contributed by atoms with Gasteiger partial charge in [0, 0.05) is 37.1 Å². The molecule has 0 aliphatic carbocycles. The number of rotatable bonds is 7. The van der Waals surface area contributed by atoms with Crippen molar-refractivity contribution in [3.63, 3.8) is 0 Å². The van der Waals surface area contributed by atoms with Crippen molar-refractivity contribution in [3.8, 4) is 11.5 Å². The van der Waals surface area contributed by atoms with Crippen LogP contribution in [-0.4, -0.2) is 54.4 Å². The van der Waals surface area contributed by atoms with Gasteiger partial charge in [-0.15, -0.1) is 0 Å². The number of ether oxygens (including phenoxy) is 2. The lowest BCUT2D eigenvalue weighted by Crippen LogP contribution is -2.27. The maximum atomic E-state index is 10.6. The van der Waals surface area contributed by atoms with Gasteiger partial charge in [-0.3, -0.25) is 9.88 Å². The van der Waals surface area contributed by atoms with Crippen molar-refractivity contribution < 1.29 is 14.6 Å². The van der Waals surface area contributed by atoms with Gasteiger partial charge in [0.1, 0.15) is 6.61 Å². The molecule has 1 aliphatic heterocycles. The summed E-state index contributed by atoms with van der Waals surface area (Å²) >= 11 is 0. The summed E-state index contributed by atoms with van der Waals surface area (Å²) in [7, 11) is 1.66. The molecule has 0 spiro atoms. The summed E-state index contributed by atoms with van der Waals surface area (Å²) in [4.78, 5) is 6.72. The van der Waals surface area contributed by atoms with Gasteiger partial charge >= 0.3 is 0 Å². The second-order valence-corrected chi connectivity index (χ2v) is 7.78. The number of fused-ring (bicyclic) bond motifs is 1. The Balaban J connectivity index is 1.34. The fourth-order valence-electron chi connectivity index (χ4n) is 4.12. The van der Waals surface area contributed by atoms with Crippen LogP contribution in [0.4, 0.5) is 0 Å². The van der Waals surface area contributed by atoms with Crippen LogP contribution in [0.5, 0.6) is 11.5 Å². The quantitative estimate of drug-likeness (QED) is 0.667. The van der Waals surface area contributed by atoms with Crippen LogP contribution in [0.1, 0.15) is 11.1 Å². The predicted molar refractivity (Wildman–Crippen MR) is 115 cm³/mol. The molecule has 29 heavy (non-hydrogen) atoms. The zero-order valence-corrected chi connectivity index (χ0v) is 17.0. The van der Waals surface area contributed by atoms with Crippen LogP contribution >= 0.6 is 0 Å². The maximum Gasteiger partial charge on any atom is 0.161 e. The molecule has 0 unspecified atom stereocenters. The molecule has 2 aromatic carbocycles. The summed E-state index contributed by atoms with van der Waals surface area (Å²) in [5.41, 5.74) is 3.40. The van der Waals surface area contributed by atoms with Crippen LogP contribution in [0.3, 0.4) is 0 Å². The molecule has 5 nitrogen and oxygen atoms in total. The summed E-state index contributed by atoms with van der Waals surface area (Å²) in [6.07, 6.45) is 2.39. The van der Waals surface area contributed by atoms with Crippen molar-refractivity contribution in [2.45, 2.75) is 19.4 Å². The molecule has 1 fully saturated rings. The average molecular weight is 392 g/mol. The van der Waals surface area contributed by atoms with E-state index in [0.29, 0.717) is 13.2 Å². The number of β-amino-alcohol motifs (C(OH)–C–C–N with tert-alkyl or cyclic N) is 1. The summed E-state index contributed by atoms with van der Waals surface area (Å²) < 4.78 is 11.3. The fourth-order valence-corrected chi connectivity index (χ4v) is 4.12. The third kappa shape index (κ3) is 4.52. The number of nitrogens with zero attached hydrogens (tertiary/aromatic N) is 2. The van der Waals surface area contributed by atoms with Crippen molar-refractivity contribution in [2.24, 2.45) is 5.92 Å². The van der Waals surface area contributed by atoms with E-state index in [-0.39, 0.29) is 12.0 Å². The molecule has 0 saturated carbocycles. The first kappa shape index (κ1) is 19.7. The lowest BCUT2D eigenvalue weighted by Gasteiger charge is -2.17. The second kappa shape index (κ2) is 8.80. The number of aliphatic hydroxyl groups is 1. The Hall–Kier alpha value is -2.63. The minimum absolute atomic E-state index is 0.217. The molecule has 0 bridgehead atoms. The highest BCUT2D eigenvalue weighted by molar-refractivity contribution is 5.81. The van der Waals surface area contributed by atoms with Crippen LogP contribution in [0.15, 0.2) is 54.7 Å². The summed E-state index contributed by atoms with van der Waals surface area (Å²) in [6.45, 7) is 4.93. The molecule has 2 atom stereocenters. The third-order valence-corrected chi connectivity index (χ3v) is 5.69. The highest BCUT2D eigenvalue weighted by Crippen LogP contribution is 2.28. The molecule has 2 heterocycles. The number of hydrogen-bond donors (Lipinski definition) is 1. The number of benzene rings is 2. The Morgan fingerprint density at radius 1 is 1.10 bits per heavy atom. The minimum atomic E-state index is -0.323. The van der Waals surface area contributed by atoms with Gasteiger partial charge in [0.05, 0.1) is 18.7 Å². The Morgan fingerprint density at radius 3 is 2.83 bits per heavy atom. The molecule has 0 amide bonds. The maximum absolute atomic E-state index is 10.6. The minimum Gasteiger partial charge on any atom is -0.493 e. The number of methoxy groups -OCH3 is 1. The third-order valence-electron chi connectivity index (χ3n) is 5.69. The average Bonchev–Trinajstić information content (AvgIpc) is 3.08. The molecule has 1 N–H and O–H groups in total. The molecule has 1 aromatic heterocycles. The highest BCUT2D eigenvalue weighted by atomic mass is 16.5. The lowest BCUT2D eigenvalue weighted by molar-refractivity contribution is 0.139. The number of para-hydroxylation sites is 1. The zero-order chi connectivity index (χ0) is 20.2. The summed E-state index contributed by atoms with van der Waals surface area (Å²) in [6, 6.07) is 16.2. The van der Waals surface area contributed by atoms with Crippen LogP contribution in [-0.2, 0) is 6.42 Å². The van der Waals surface area contributed by atoms with Gasteiger partial charge in [-0.2, -0.15) is 0 Å². The first-order valence-electron chi connectivity index (χ1n) is 10.1. The number of aliphatic hydroxyl groups excluding tert-OH is 1. The normalized spacial score (nSPS) is 19.6. The highest BCUT2D eigenvalue weighted by Gasteiger charge is 2.31. The van der Waals surface area contributed by atoms with E-state index in [2.05, 4.69) is 22.0 Å². The fraction of sp³-hybridized carbons (Fsp3) is 0.375. The Bertz CT molecular complexity index is 970. The Kier molecular flexibility index (Phi) is 5.97. The zero-order valence-electron chi connectivity index (χ0n) is 17.0. The SMILES string of the molecule is COc1cc(C)ccc1OCCN1C[C@@H](Cc2ccnc3ccccc23)[C@H](O)C1. The van der Waals surface area contributed by atoms with Crippen LogP contribution in [0.25, 0.3) is 10.9 Å². The molecule has 152 valence electrons. The van der Waals surface area contributed by atoms with Gasteiger partial charge < -0.3 is 14.6 Å². The van der Waals surface area contributed by atoms with Gasteiger partial charge in [-0.25, -0.2) is 0 Å². The lowest BCUT2D eigenvalue weighted by atomic mass is 9.94. The van der Waals surface area contributed by atoms with E-state index in [1.807, 2.05) is 49.5 Å². The van der Waals surface area contributed by atoms with Gasteiger partial charge in [0.2, 0.25) is 0 Å². The van der Waals surface area contributed by atoms with Crippen molar-refractivity contribution in [2.75, 3.05) is 33.4 Å². The van der Waals surface area contributed by atoms with E-state index in [0.717, 1.165) is 42.1 Å². The number of aromatic nitrogens is 1. The number of pyridine rings is 1. The van der Waals surface area contributed by atoms with Crippen LogP contribution < -0.4 is 9.47 Å². The van der Waals surface area contributed by atoms with E-state index in [1.54, 1.807) is 7.11 Å². The first-order chi connectivity index (χ1) is 14.1. The predicted octanol–water partition coefficient (Wildman–Crippen LogP) is 3.47. The molecule has 4 rings (SSSR count). The molecule has 0 radical (unpaired) electrons. The summed E-state index contributed by atoms with van der Waals surface area (Å²) in [5.74, 6) is 1.74. The van der Waals surface area contributed by atoms with Crippen molar-refractivity contribution in [1.29, 1.82) is 0 Å². The number of hydrogen-bond acceptors (Lipinski definition) is 5. The van der Waals surface area contributed by atoms with Crippen LogP contribution in [0, 0.1) is 12.8 Å². The molecule has 1 saturated heterocycles.